The predicted molar refractivity (Wildman–Crippen MR) is 132 cm³/mol. The van der Waals surface area contributed by atoms with Gasteiger partial charge in [0.1, 0.15) is 9.77 Å². The number of thiophene rings is 1. The van der Waals surface area contributed by atoms with Crippen LogP contribution in [0, 0.1) is 5.41 Å². The first-order chi connectivity index (χ1) is 16.8. The minimum atomic E-state index is -3.80. The Kier molecular flexibility index (Phi) is 6.29. The number of aromatic nitrogens is 1. The molecule has 0 radical (unpaired) electrons. The van der Waals surface area contributed by atoms with Gasteiger partial charge in [-0.3, -0.25) is 4.79 Å². The van der Waals surface area contributed by atoms with Crippen molar-refractivity contribution in [2.24, 2.45) is 5.41 Å². The smallest absolute Gasteiger partial charge is 0.349 e. The van der Waals surface area contributed by atoms with E-state index in [4.69, 9.17) is 4.74 Å². The van der Waals surface area contributed by atoms with Gasteiger partial charge in [-0.2, -0.15) is 4.31 Å². The van der Waals surface area contributed by atoms with Gasteiger partial charge in [-0.25, -0.2) is 13.2 Å². The number of piperidine rings is 1. The van der Waals surface area contributed by atoms with Crippen LogP contribution in [0.2, 0.25) is 0 Å². The van der Waals surface area contributed by atoms with Gasteiger partial charge in [0, 0.05) is 38.6 Å². The molecule has 2 aliphatic rings. The highest BCUT2D eigenvalue weighted by atomic mass is 32.2. The molecule has 35 heavy (non-hydrogen) atoms. The van der Waals surface area contributed by atoms with E-state index in [1.807, 2.05) is 58.3 Å². The number of hydrogen-bond acceptors (Lipinski definition) is 6. The van der Waals surface area contributed by atoms with E-state index in [9.17, 15) is 18.0 Å². The van der Waals surface area contributed by atoms with Crippen molar-refractivity contribution in [2.75, 3.05) is 33.3 Å². The number of esters is 1. The van der Waals surface area contributed by atoms with Crippen molar-refractivity contribution >= 4 is 33.2 Å². The molecule has 0 unspecified atom stereocenters. The van der Waals surface area contributed by atoms with Gasteiger partial charge in [-0.15, -0.1) is 11.3 Å². The third kappa shape index (κ3) is 4.30. The minimum absolute atomic E-state index is 0.00684. The van der Waals surface area contributed by atoms with E-state index in [1.54, 1.807) is 5.38 Å². The largest absolute Gasteiger partial charge is 0.465 e. The Morgan fingerprint density at radius 1 is 0.971 bits per heavy atom. The first-order valence-electron chi connectivity index (χ1n) is 11.5. The van der Waals surface area contributed by atoms with E-state index in [0.29, 0.717) is 31.7 Å². The summed E-state index contributed by atoms with van der Waals surface area (Å²) >= 11 is 1.07. The summed E-state index contributed by atoms with van der Waals surface area (Å²) in [5, 5.41) is 1.60. The summed E-state index contributed by atoms with van der Waals surface area (Å²) in [4.78, 5) is 27.4. The van der Waals surface area contributed by atoms with Gasteiger partial charge in [-0.05, 0) is 60.4 Å². The van der Waals surface area contributed by atoms with Crippen LogP contribution in [0.5, 0.6) is 0 Å². The van der Waals surface area contributed by atoms with Crippen molar-refractivity contribution in [3.63, 3.8) is 0 Å². The molecule has 0 N–H and O–H groups in total. The normalized spacial score (nSPS) is 18.1. The topological polar surface area (TPSA) is 88.9 Å². The Morgan fingerprint density at radius 2 is 1.66 bits per heavy atom. The summed E-state index contributed by atoms with van der Waals surface area (Å²) in [6.07, 6.45) is 6.06. The summed E-state index contributed by atoms with van der Waals surface area (Å²) in [7, 11) is -2.56. The number of rotatable bonds is 5. The maximum Gasteiger partial charge on any atom is 0.349 e. The van der Waals surface area contributed by atoms with Crippen molar-refractivity contribution in [1.82, 2.24) is 13.8 Å². The number of amides is 1. The molecule has 8 nitrogen and oxygen atoms in total. The first kappa shape index (κ1) is 23.8. The number of ether oxygens (including phenoxy) is 1. The van der Waals surface area contributed by atoms with Crippen LogP contribution in [0.25, 0.3) is 5.69 Å². The van der Waals surface area contributed by atoms with Crippen LogP contribution in [0.4, 0.5) is 0 Å². The molecule has 2 aliphatic heterocycles. The van der Waals surface area contributed by atoms with Crippen LogP contribution in [-0.4, -0.2) is 67.4 Å². The number of carbonyl (C=O) groups excluding carboxylic acids is 2. The van der Waals surface area contributed by atoms with Gasteiger partial charge in [0.15, 0.2) is 0 Å². The number of methoxy groups -OCH3 is 1. The predicted octanol–water partition coefficient (Wildman–Crippen LogP) is 3.64. The average molecular weight is 514 g/mol. The highest BCUT2D eigenvalue weighted by Crippen LogP contribution is 2.43. The van der Waals surface area contributed by atoms with E-state index >= 15 is 0 Å². The molecule has 0 aliphatic carbocycles. The Bertz CT molecular complexity index is 1340. The lowest BCUT2D eigenvalue weighted by Crippen LogP contribution is -2.45. The summed E-state index contributed by atoms with van der Waals surface area (Å²) in [6.45, 7) is 1.97. The van der Waals surface area contributed by atoms with E-state index in [-0.39, 0.29) is 21.1 Å². The van der Waals surface area contributed by atoms with Gasteiger partial charge in [0.25, 0.3) is 5.91 Å². The van der Waals surface area contributed by atoms with Crippen LogP contribution >= 0.6 is 11.3 Å². The van der Waals surface area contributed by atoms with Gasteiger partial charge < -0.3 is 14.2 Å². The first-order valence-corrected chi connectivity index (χ1v) is 13.8. The summed E-state index contributed by atoms with van der Waals surface area (Å²) in [6, 6.07) is 12.9. The fourth-order valence-corrected chi connectivity index (χ4v) is 7.98. The third-order valence-electron chi connectivity index (χ3n) is 7.15. The van der Waals surface area contributed by atoms with Crippen LogP contribution in [0.1, 0.15) is 39.3 Å². The third-order valence-corrected chi connectivity index (χ3v) is 10.1. The quantitative estimate of drug-likeness (QED) is 0.486. The average Bonchev–Trinajstić information content (AvgIpc) is 3.65. The Balaban J connectivity index is 1.28. The van der Waals surface area contributed by atoms with Crippen LogP contribution in [0.15, 0.2) is 65.1 Å². The second kappa shape index (κ2) is 9.25. The molecular formula is C25H27N3O5S2. The number of para-hydroxylation sites is 1. The van der Waals surface area contributed by atoms with Crippen LogP contribution in [0.3, 0.4) is 0 Å². The zero-order valence-electron chi connectivity index (χ0n) is 19.4. The molecule has 10 heteroatoms. The molecule has 1 spiro atoms. The molecule has 1 amide bonds. The zero-order chi connectivity index (χ0) is 24.6. The van der Waals surface area contributed by atoms with Crippen molar-refractivity contribution < 1.29 is 22.7 Å². The number of nitrogens with zero attached hydrogens (tertiary/aromatic N) is 3. The lowest BCUT2D eigenvalue weighted by Gasteiger charge is -2.39. The van der Waals surface area contributed by atoms with E-state index in [2.05, 4.69) is 0 Å². The number of likely N-dealkylation sites (tertiary alicyclic amines) is 1. The minimum Gasteiger partial charge on any atom is -0.465 e. The molecular weight excluding hydrogens is 486 g/mol. The highest BCUT2D eigenvalue weighted by molar-refractivity contribution is 7.89. The maximum absolute atomic E-state index is 13.4. The molecule has 4 heterocycles. The molecule has 1 aromatic carbocycles. The SMILES string of the molecule is COC(=O)c1sccc1S(=O)(=O)N1CCC2(CCN(C(=O)c3ccccc3-n3cccc3)CC2)C1. The number of benzene rings is 1. The second-order valence-corrected chi connectivity index (χ2v) is 11.9. The molecule has 184 valence electrons. The monoisotopic (exact) mass is 513 g/mol. The van der Waals surface area contributed by atoms with Gasteiger partial charge in [0.05, 0.1) is 18.4 Å². The van der Waals surface area contributed by atoms with Crippen molar-refractivity contribution in [3.8, 4) is 5.69 Å². The van der Waals surface area contributed by atoms with Crippen molar-refractivity contribution in [3.05, 3.63) is 70.7 Å². The highest BCUT2D eigenvalue weighted by Gasteiger charge is 2.46. The molecule has 0 saturated carbocycles. The lowest BCUT2D eigenvalue weighted by atomic mass is 9.78. The second-order valence-electron chi connectivity index (χ2n) is 9.09. The van der Waals surface area contributed by atoms with E-state index in [0.717, 1.165) is 36.3 Å². The van der Waals surface area contributed by atoms with Gasteiger partial charge in [-0.1, -0.05) is 12.1 Å². The van der Waals surface area contributed by atoms with Gasteiger partial charge in [0.2, 0.25) is 10.0 Å². The summed E-state index contributed by atoms with van der Waals surface area (Å²) in [5.74, 6) is -0.646. The lowest BCUT2D eigenvalue weighted by molar-refractivity contribution is 0.0595. The molecule has 3 aromatic rings. The number of carbonyl (C=O) groups is 2. The summed E-state index contributed by atoms with van der Waals surface area (Å²) < 4.78 is 34.8. The number of sulfonamides is 1. The molecule has 0 bridgehead atoms. The Labute approximate surface area is 208 Å². The van der Waals surface area contributed by atoms with E-state index in [1.165, 1.54) is 17.5 Å². The van der Waals surface area contributed by atoms with Crippen molar-refractivity contribution in [1.29, 1.82) is 0 Å². The molecule has 5 rings (SSSR count). The molecule has 2 saturated heterocycles. The zero-order valence-corrected chi connectivity index (χ0v) is 21.1. The molecule has 0 atom stereocenters. The number of hydrogen-bond donors (Lipinski definition) is 0. The summed E-state index contributed by atoms with van der Waals surface area (Å²) in [5.41, 5.74) is 1.34. The van der Waals surface area contributed by atoms with Crippen LogP contribution < -0.4 is 0 Å². The Hall–Kier alpha value is -2.95. The molecule has 2 fully saturated rings. The fraction of sp³-hybridized carbons (Fsp3) is 0.360. The maximum atomic E-state index is 13.4. The Morgan fingerprint density at radius 3 is 2.37 bits per heavy atom. The van der Waals surface area contributed by atoms with Crippen LogP contribution in [-0.2, 0) is 14.8 Å². The standard InChI is InChI=1S/C25H27N3O5S2/c1-33-24(30)22-21(8-17-34-22)35(31,32)28-16-11-25(18-28)9-14-27(15-10-25)23(29)19-6-2-3-7-20(19)26-12-4-5-13-26/h2-8,12-13,17H,9-11,14-16,18H2,1H3. The fourth-order valence-electron chi connectivity index (χ4n) is 5.12. The van der Waals surface area contributed by atoms with E-state index < -0.39 is 16.0 Å². The van der Waals surface area contributed by atoms with Gasteiger partial charge >= 0.3 is 5.97 Å². The van der Waals surface area contributed by atoms with Crippen molar-refractivity contribution in [2.45, 2.75) is 24.2 Å². The molecule has 2 aromatic heterocycles.